The molecule has 1 aromatic rings. The largest absolute Gasteiger partial charge is 0.409 e. The van der Waals surface area contributed by atoms with Crippen LogP contribution < -0.4 is 10.6 Å². The normalized spacial score (nSPS) is 19.4. The fraction of sp³-hybridized carbons (Fsp3) is 0.455. The van der Waals surface area contributed by atoms with Crippen LogP contribution in [0.1, 0.15) is 18.4 Å². The third-order valence-electron chi connectivity index (χ3n) is 3.31. The molecule has 1 aliphatic heterocycles. The van der Waals surface area contributed by atoms with Crippen LogP contribution in [-0.4, -0.2) is 45.3 Å². The second kappa shape index (κ2) is 5.70. The van der Waals surface area contributed by atoms with Gasteiger partial charge in [-0.2, -0.15) is 0 Å². The summed E-state index contributed by atoms with van der Waals surface area (Å²) in [6.07, 6.45) is 2.79. The minimum Gasteiger partial charge on any atom is -0.409 e. The Morgan fingerprint density at radius 3 is 3.05 bits per heavy atom. The Balaban J connectivity index is 2.49. The number of hydrogen-bond donors (Lipinski definition) is 3. The van der Waals surface area contributed by atoms with Gasteiger partial charge in [0.25, 0.3) is 5.69 Å². The Morgan fingerprint density at radius 2 is 2.45 bits per heavy atom. The highest BCUT2D eigenvalue weighted by Crippen LogP contribution is 2.28. The lowest BCUT2D eigenvalue weighted by Crippen LogP contribution is -2.34. The van der Waals surface area contributed by atoms with Gasteiger partial charge in [0.1, 0.15) is 12.0 Å². The van der Waals surface area contributed by atoms with Crippen molar-refractivity contribution in [3.05, 3.63) is 27.9 Å². The second-order valence-electron chi connectivity index (χ2n) is 4.48. The first-order valence-corrected chi connectivity index (χ1v) is 6.08. The molecule has 9 heteroatoms. The zero-order chi connectivity index (χ0) is 14.7. The van der Waals surface area contributed by atoms with E-state index in [9.17, 15) is 15.2 Å². The number of aliphatic hydroxyl groups is 1. The molecule has 108 valence electrons. The highest BCUT2D eigenvalue weighted by Gasteiger charge is 2.28. The number of nitrogens with two attached hydrogens (primary N) is 1. The first-order valence-electron chi connectivity index (χ1n) is 6.08. The Labute approximate surface area is 114 Å². The zero-order valence-electron chi connectivity index (χ0n) is 10.6. The van der Waals surface area contributed by atoms with E-state index < -0.39 is 4.92 Å². The number of anilines is 1. The van der Waals surface area contributed by atoms with Crippen molar-refractivity contribution < 1.29 is 15.2 Å². The Hall–Kier alpha value is -2.42. The van der Waals surface area contributed by atoms with Crippen LogP contribution in [0.4, 0.5) is 11.5 Å². The van der Waals surface area contributed by atoms with Crippen molar-refractivity contribution >= 4 is 17.3 Å². The molecule has 2 heterocycles. The number of aliphatic hydroxyl groups excluding tert-OH is 1. The topological polar surface area (TPSA) is 138 Å². The fourth-order valence-electron chi connectivity index (χ4n) is 2.32. The van der Waals surface area contributed by atoms with E-state index in [1.165, 1.54) is 6.07 Å². The molecular weight excluding hydrogens is 266 g/mol. The van der Waals surface area contributed by atoms with Crippen LogP contribution in [0.5, 0.6) is 0 Å². The van der Waals surface area contributed by atoms with E-state index in [1.807, 2.05) is 4.90 Å². The SMILES string of the molecule is NC(=NO)c1cc([N+](=O)[O-])cnc1N1CCCC1CO. The summed E-state index contributed by atoms with van der Waals surface area (Å²) in [4.78, 5) is 16.1. The van der Waals surface area contributed by atoms with Gasteiger partial charge in [0.15, 0.2) is 5.84 Å². The summed E-state index contributed by atoms with van der Waals surface area (Å²) in [6, 6.07) is 1.10. The molecule has 0 spiro atoms. The molecule has 0 saturated carbocycles. The van der Waals surface area contributed by atoms with Gasteiger partial charge >= 0.3 is 0 Å². The maximum Gasteiger partial charge on any atom is 0.288 e. The summed E-state index contributed by atoms with van der Waals surface area (Å²) in [5.41, 5.74) is 5.51. The molecule has 0 amide bonds. The van der Waals surface area contributed by atoms with Crippen molar-refractivity contribution in [1.82, 2.24) is 4.98 Å². The Kier molecular flexibility index (Phi) is 3.99. The molecule has 0 aromatic carbocycles. The number of hydrogen-bond acceptors (Lipinski definition) is 7. The van der Waals surface area contributed by atoms with Crippen LogP contribution in [0.15, 0.2) is 17.4 Å². The number of nitro groups is 1. The van der Waals surface area contributed by atoms with Crippen LogP contribution in [0, 0.1) is 10.1 Å². The van der Waals surface area contributed by atoms with Crippen molar-refractivity contribution in [2.24, 2.45) is 10.9 Å². The summed E-state index contributed by atoms with van der Waals surface area (Å²) >= 11 is 0. The monoisotopic (exact) mass is 281 g/mol. The van der Waals surface area contributed by atoms with Crippen LogP contribution >= 0.6 is 0 Å². The van der Waals surface area contributed by atoms with Gasteiger partial charge in [-0.3, -0.25) is 10.1 Å². The van der Waals surface area contributed by atoms with E-state index in [1.54, 1.807) is 0 Å². The lowest BCUT2D eigenvalue weighted by molar-refractivity contribution is -0.385. The van der Waals surface area contributed by atoms with Crippen molar-refractivity contribution in [3.63, 3.8) is 0 Å². The molecule has 0 aliphatic carbocycles. The zero-order valence-corrected chi connectivity index (χ0v) is 10.6. The predicted octanol–water partition coefficient (Wildman–Crippen LogP) is 0.0454. The lowest BCUT2D eigenvalue weighted by Gasteiger charge is -2.25. The van der Waals surface area contributed by atoms with Gasteiger partial charge in [-0.1, -0.05) is 5.16 Å². The Bertz CT molecular complexity index is 548. The number of rotatable bonds is 4. The van der Waals surface area contributed by atoms with Gasteiger partial charge in [0.2, 0.25) is 0 Å². The second-order valence-corrected chi connectivity index (χ2v) is 4.48. The lowest BCUT2D eigenvalue weighted by atomic mass is 10.2. The predicted molar refractivity (Wildman–Crippen MR) is 70.9 cm³/mol. The van der Waals surface area contributed by atoms with E-state index in [2.05, 4.69) is 10.1 Å². The van der Waals surface area contributed by atoms with Crippen LogP contribution in [0.2, 0.25) is 0 Å². The van der Waals surface area contributed by atoms with Crippen molar-refractivity contribution in [2.45, 2.75) is 18.9 Å². The van der Waals surface area contributed by atoms with Crippen LogP contribution in [0.3, 0.4) is 0 Å². The molecule has 20 heavy (non-hydrogen) atoms. The molecule has 2 rings (SSSR count). The van der Waals surface area contributed by atoms with Gasteiger partial charge < -0.3 is 20.9 Å². The van der Waals surface area contributed by atoms with Crippen molar-refractivity contribution in [2.75, 3.05) is 18.1 Å². The summed E-state index contributed by atoms with van der Waals surface area (Å²) < 4.78 is 0. The van der Waals surface area contributed by atoms with E-state index >= 15 is 0 Å². The van der Waals surface area contributed by atoms with Gasteiger partial charge in [0.05, 0.1) is 23.1 Å². The van der Waals surface area contributed by atoms with Crippen LogP contribution in [-0.2, 0) is 0 Å². The number of nitrogens with zero attached hydrogens (tertiary/aromatic N) is 4. The Morgan fingerprint density at radius 1 is 1.70 bits per heavy atom. The molecule has 0 bridgehead atoms. The molecule has 1 aliphatic rings. The minimum absolute atomic E-state index is 0.0473. The highest BCUT2D eigenvalue weighted by atomic mass is 16.6. The molecule has 1 fully saturated rings. The van der Waals surface area contributed by atoms with Gasteiger partial charge in [-0.15, -0.1) is 0 Å². The van der Waals surface area contributed by atoms with Crippen LogP contribution in [0.25, 0.3) is 0 Å². The summed E-state index contributed by atoms with van der Waals surface area (Å²) in [6.45, 7) is 0.607. The third kappa shape index (κ3) is 2.48. The molecule has 9 nitrogen and oxygen atoms in total. The molecule has 1 aromatic heterocycles. The van der Waals surface area contributed by atoms with Gasteiger partial charge in [-0.25, -0.2) is 4.98 Å². The van der Waals surface area contributed by atoms with Crippen molar-refractivity contribution in [3.8, 4) is 0 Å². The van der Waals surface area contributed by atoms with Gasteiger partial charge in [0, 0.05) is 12.6 Å². The number of amidine groups is 1. The standard InChI is InChI=1S/C11H15N5O4/c12-10(14-18)9-4-8(16(19)20)5-13-11(9)15-3-1-2-7(15)6-17/h4-5,7,17-18H,1-3,6H2,(H2,12,14). The van der Waals surface area contributed by atoms with E-state index in [4.69, 9.17) is 10.9 Å². The number of oxime groups is 1. The molecule has 4 N–H and O–H groups in total. The number of aromatic nitrogens is 1. The molecule has 1 atom stereocenters. The molecule has 1 unspecified atom stereocenters. The average Bonchev–Trinajstić information content (AvgIpc) is 2.93. The summed E-state index contributed by atoms with van der Waals surface area (Å²) in [5.74, 6) is 0.127. The first kappa shape index (κ1) is 14.0. The van der Waals surface area contributed by atoms with E-state index in [-0.39, 0.29) is 29.7 Å². The summed E-state index contributed by atoms with van der Waals surface area (Å²) in [5, 5.41) is 31.8. The van der Waals surface area contributed by atoms with Gasteiger partial charge in [-0.05, 0) is 12.8 Å². The minimum atomic E-state index is -0.599. The maximum atomic E-state index is 10.8. The smallest absolute Gasteiger partial charge is 0.288 e. The maximum absolute atomic E-state index is 10.8. The van der Waals surface area contributed by atoms with Crippen molar-refractivity contribution in [1.29, 1.82) is 0 Å². The third-order valence-corrected chi connectivity index (χ3v) is 3.31. The molecule has 1 saturated heterocycles. The highest BCUT2D eigenvalue weighted by molar-refractivity contribution is 6.02. The van der Waals surface area contributed by atoms with E-state index in [0.717, 1.165) is 19.0 Å². The first-order chi connectivity index (χ1) is 9.58. The number of pyridine rings is 1. The van der Waals surface area contributed by atoms with E-state index in [0.29, 0.717) is 12.4 Å². The quantitative estimate of drug-likeness (QED) is 0.233. The average molecular weight is 281 g/mol. The molecular formula is C11H15N5O4. The fourth-order valence-corrected chi connectivity index (χ4v) is 2.32. The summed E-state index contributed by atoms with van der Waals surface area (Å²) in [7, 11) is 0. The molecule has 0 radical (unpaired) electrons.